The van der Waals surface area contributed by atoms with E-state index in [4.69, 9.17) is 4.74 Å². The second-order valence-corrected chi connectivity index (χ2v) is 13.8. The molecule has 0 radical (unpaired) electrons. The zero-order valence-corrected chi connectivity index (χ0v) is 25.7. The Morgan fingerprint density at radius 2 is 1.73 bits per heavy atom. The molecule has 1 saturated heterocycles. The number of hydrogen-bond donors (Lipinski definition) is 3. The smallest absolute Gasteiger partial charge is 0.408 e. The van der Waals surface area contributed by atoms with Gasteiger partial charge in [0.25, 0.3) is 0 Å². The summed E-state index contributed by atoms with van der Waals surface area (Å²) >= 11 is 0. The Labute approximate surface area is 256 Å². The topological polar surface area (TPSA) is 146 Å². The summed E-state index contributed by atoms with van der Waals surface area (Å²) < 4.78 is 31.8. The molecular weight excluding hydrogens is 580 g/mol. The molecule has 0 unspecified atom stereocenters. The van der Waals surface area contributed by atoms with E-state index in [1.54, 1.807) is 62.3 Å². The number of nitrogens with one attached hydrogen (secondary N) is 3. The van der Waals surface area contributed by atoms with Crippen LogP contribution in [-0.4, -0.2) is 70.8 Å². The number of ether oxygens (including phenoxy) is 1. The van der Waals surface area contributed by atoms with Crippen molar-refractivity contribution in [3.63, 3.8) is 0 Å². The molecule has 2 aromatic heterocycles. The lowest BCUT2D eigenvalue weighted by Crippen LogP contribution is -2.47. The van der Waals surface area contributed by atoms with Crippen molar-refractivity contribution in [2.45, 2.75) is 49.4 Å². The molecule has 4 aromatic rings. The maximum absolute atomic E-state index is 13.3. The van der Waals surface area contributed by atoms with Crippen molar-refractivity contribution in [2.75, 3.05) is 25.0 Å². The molecule has 1 aliphatic heterocycles. The predicted molar refractivity (Wildman–Crippen MR) is 170 cm³/mol. The van der Waals surface area contributed by atoms with Gasteiger partial charge in [-0.05, 0) is 75.6 Å². The van der Waals surface area contributed by atoms with Gasteiger partial charge in [-0.1, -0.05) is 24.3 Å². The lowest BCUT2D eigenvalue weighted by molar-refractivity contribution is -0.131. The van der Waals surface area contributed by atoms with Crippen molar-refractivity contribution in [1.82, 2.24) is 25.2 Å². The molecule has 230 valence electrons. The lowest BCUT2D eigenvalue weighted by atomic mass is 10.1. The van der Waals surface area contributed by atoms with E-state index in [1.165, 1.54) is 0 Å². The number of carbonyl (C=O) groups excluding carboxylic acids is 2. The number of anilines is 2. The van der Waals surface area contributed by atoms with Crippen LogP contribution < -0.4 is 10.6 Å². The third kappa shape index (κ3) is 7.62. The zero-order valence-electron chi connectivity index (χ0n) is 24.9. The molecule has 11 nitrogen and oxygen atoms in total. The van der Waals surface area contributed by atoms with Gasteiger partial charge in [0.2, 0.25) is 11.9 Å². The summed E-state index contributed by atoms with van der Waals surface area (Å²) in [5.74, 6) is 0.117. The van der Waals surface area contributed by atoms with Crippen LogP contribution in [0.15, 0.2) is 72.0 Å². The van der Waals surface area contributed by atoms with Gasteiger partial charge in [-0.15, -0.1) is 0 Å². The van der Waals surface area contributed by atoms with Gasteiger partial charge in [0.15, 0.2) is 9.84 Å². The first kappa shape index (κ1) is 30.7. The lowest BCUT2D eigenvalue weighted by Gasteiger charge is -2.32. The Balaban J connectivity index is 1.12. The van der Waals surface area contributed by atoms with Crippen molar-refractivity contribution in [2.24, 2.45) is 0 Å². The second kappa shape index (κ2) is 12.9. The number of carbonyl (C=O) groups is 2. The van der Waals surface area contributed by atoms with Gasteiger partial charge >= 0.3 is 6.09 Å². The number of hydrogen-bond acceptors (Lipinski definition) is 8. The number of piperidine rings is 1. The molecular formula is C32H36N6O5S. The van der Waals surface area contributed by atoms with E-state index < -0.39 is 26.8 Å². The Morgan fingerprint density at radius 3 is 2.41 bits per heavy atom. The molecule has 2 aromatic carbocycles. The maximum Gasteiger partial charge on any atom is 0.408 e. The van der Waals surface area contributed by atoms with Crippen LogP contribution in [0, 0.1) is 0 Å². The average Bonchev–Trinajstić information content (AvgIpc) is 3.49. The number of aromatic nitrogens is 3. The second-order valence-electron chi connectivity index (χ2n) is 11.6. The number of sulfone groups is 1. The van der Waals surface area contributed by atoms with Gasteiger partial charge in [-0.2, -0.15) is 0 Å². The fourth-order valence-corrected chi connectivity index (χ4v) is 6.70. The van der Waals surface area contributed by atoms with Crippen molar-refractivity contribution in [3.05, 3.63) is 78.2 Å². The van der Waals surface area contributed by atoms with Crippen LogP contribution in [0.5, 0.6) is 0 Å². The van der Waals surface area contributed by atoms with Crippen LogP contribution in [0.3, 0.4) is 0 Å². The number of amides is 2. The maximum atomic E-state index is 13.3. The van der Waals surface area contributed by atoms with Crippen molar-refractivity contribution in [3.8, 4) is 0 Å². The zero-order chi connectivity index (χ0) is 31.3. The van der Waals surface area contributed by atoms with Crippen LogP contribution >= 0.6 is 0 Å². The highest BCUT2D eigenvalue weighted by atomic mass is 32.2. The molecule has 0 bridgehead atoms. The van der Waals surface area contributed by atoms with E-state index in [0.29, 0.717) is 37.6 Å². The minimum absolute atomic E-state index is 0.199. The van der Waals surface area contributed by atoms with Gasteiger partial charge in [0.05, 0.1) is 10.1 Å². The predicted octanol–water partition coefficient (Wildman–Crippen LogP) is 5.16. The minimum atomic E-state index is -3.59. The third-order valence-electron chi connectivity index (χ3n) is 7.21. The van der Waals surface area contributed by atoms with E-state index in [2.05, 4.69) is 25.6 Å². The van der Waals surface area contributed by atoms with E-state index >= 15 is 0 Å². The number of benzene rings is 2. The third-order valence-corrected chi connectivity index (χ3v) is 9.49. The summed E-state index contributed by atoms with van der Waals surface area (Å²) in [6, 6.07) is 14.6. The molecule has 5 rings (SSSR count). The first-order chi connectivity index (χ1) is 21.0. The fraction of sp³-hybridized carbons (Fsp3) is 0.312. The number of fused-ring (bicyclic) bond motifs is 1. The van der Waals surface area contributed by atoms with Gasteiger partial charge in [-0.3, -0.25) is 4.79 Å². The van der Waals surface area contributed by atoms with Crippen LogP contribution in [0.25, 0.3) is 23.1 Å². The highest BCUT2D eigenvalue weighted by Gasteiger charge is 2.33. The summed E-state index contributed by atoms with van der Waals surface area (Å²) in [4.78, 5) is 38.1. The Kier molecular flexibility index (Phi) is 9.00. The molecule has 0 atom stereocenters. The van der Waals surface area contributed by atoms with Crippen molar-refractivity contribution >= 4 is 56.5 Å². The quantitative estimate of drug-likeness (QED) is 0.246. The van der Waals surface area contributed by atoms with Crippen LogP contribution in [0.1, 0.15) is 44.7 Å². The summed E-state index contributed by atoms with van der Waals surface area (Å²) in [6.07, 6.45) is 9.28. The van der Waals surface area contributed by atoms with E-state index in [0.717, 1.165) is 22.0 Å². The average molecular weight is 617 g/mol. The first-order valence-electron chi connectivity index (χ1n) is 14.4. The molecule has 0 spiro atoms. The summed E-state index contributed by atoms with van der Waals surface area (Å²) in [7, 11) is -3.59. The number of alkyl carbamates (subject to hydrolysis) is 1. The Morgan fingerprint density at radius 1 is 1.02 bits per heavy atom. The summed E-state index contributed by atoms with van der Waals surface area (Å²) in [5, 5.41) is 6.10. The fourth-order valence-electron chi connectivity index (χ4n) is 4.97. The van der Waals surface area contributed by atoms with Gasteiger partial charge in [-0.25, -0.2) is 23.2 Å². The van der Waals surface area contributed by atoms with E-state index in [-0.39, 0.29) is 17.3 Å². The summed E-state index contributed by atoms with van der Waals surface area (Å²) in [6.45, 7) is 5.61. The normalized spacial score (nSPS) is 14.6. The highest BCUT2D eigenvalue weighted by Crippen LogP contribution is 2.26. The molecule has 1 fully saturated rings. The molecule has 3 heterocycles. The standard InChI is InChI=1S/C32H36N6O5S/c1-32(2,3)43-31(40)36-21-29(39)38-17-14-26(15-18-38)44(41,42)25-11-9-24(10-12-25)37-30-34-19-22(20-35-30)7-8-23-5-4-6-28-27(23)13-16-33-28/h4-13,16,19-20,26,33H,14-15,17-18,21H2,1-3H3,(H,36,40)(H,34,35,37). The van der Waals surface area contributed by atoms with Crippen LogP contribution in [-0.2, 0) is 19.4 Å². The van der Waals surface area contributed by atoms with Gasteiger partial charge in [0.1, 0.15) is 12.1 Å². The summed E-state index contributed by atoms with van der Waals surface area (Å²) in [5.41, 5.74) is 3.00. The number of likely N-dealkylation sites (tertiary alicyclic amines) is 1. The molecule has 2 amide bonds. The number of aromatic amines is 1. The Hall–Kier alpha value is -4.71. The van der Waals surface area contributed by atoms with Crippen molar-refractivity contribution in [1.29, 1.82) is 0 Å². The van der Waals surface area contributed by atoms with Gasteiger partial charge < -0.3 is 25.3 Å². The highest BCUT2D eigenvalue weighted by molar-refractivity contribution is 7.92. The van der Waals surface area contributed by atoms with Crippen LogP contribution in [0.2, 0.25) is 0 Å². The largest absolute Gasteiger partial charge is 0.444 e. The van der Waals surface area contributed by atoms with E-state index in [9.17, 15) is 18.0 Å². The molecule has 3 N–H and O–H groups in total. The van der Waals surface area contributed by atoms with E-state index in [1.807, 2.05) is 42.6 Å². The van der Waals surface area contributed by atoms with Crippen LogP contribution in [0.4, 0.5) is 16.4 Å². The molecule has 12 heteroatoms. The number of H-pyrrole nitrogens is 1. The molecule has 44 heavy (non-hydrogen) atoms. The van der Waals surface area contributed by atoms with Crippen molar-refractivity contribution < 1.29 is 22.7 Å². The first-order valence-corrected chi connectivity index (χ1v) is 15.9. The molecule has 0 aliphatic carbocycles. The molecule has 1 aliphatic rings. The monoisotopic (exact) mass is 616 g/mol. The van der Waals surface area contributed by atoms with Gasteiger partial charge in [0, 0.05) is 53.8 Å². The molecule has 0 saturated carbocycles. The minimum Gasteiger partial charge on any atom is -0.444 e. The SMILES string of the molecule is CC(C)(C)OC(=O)NCC(=O)N1CCC(S(=O)(=O)c2ccc(Nc3ncc(C=Cc4cccc5[nH]ccc45)cn3)cc2)CC1. The number of rotatable bonds is 8. The Bertz CT molecular complexity index is 1750. The number of nitrogens with zero attached hydrogens (tertiary/aromatic N) is 3.